The fourth-order valence-corrected chi connectivity index (χ4v) is 10.2. The number of pyridine rings is 2. The molecule has 0 unspecified atom stereocenters. The smallest absolute Gasteiger partial charge is 0.101 e. The summed E-state index contributed by atoms with van der Waals surface area (Å²) in [6.07, 6.45) is 0. The number of fused-ring (bicyclic) bond motifs is 6. The number of hydrogen-bond acceptors (Lipinski definition) is 2. The molecule has 0 atom stereocenters. The highest BCUT2D eigenvalue weighted by molar-refractivity contribution is 6.13. The lowest BCUT2D eigenvalue weighted by atomic mass is 9.92. The van der Waals surface area contributed by atoms with E-state index in [2.05, 4.69) is 264 Å². The van der Waals surface area contributed by atoms with Crippen molar-refractivity contribution in [3.05, 3.63) is 255 Å². The van der Waals surface area contributed by atoms with Crippen LogP contribution in [-0.2, 0) is 0 Å². The summed E-state index contributed by atoms with van der Waals surface area (Å²) in [5.74, 6) is 0. The molecule has 0 N–H and O–H groups in total. The number of aromatic nitrogens is 4. The summed E-state index contributed by atoms with van der Waals surface area (Å²) in [4.78, 5) is 5.32. The zero-order chi connectivity index (χ0) is 45.0. The van der Waals surface area contributed by atoms with Gasteiger partial charge in [0.15, 0.2) is 0 Å². The molecule has 0 aliphatic carbocycles. The molecule has 13 aromatic rings. The van der Waals surface area contributed by atoms with E-state index in [1.807, 2.05) is 0 Å². The van der Waals surface area contributed by atoms with Crippen LogP contribution in [0.3, 0.4) is 0 Å². The number of hydrogen-bond donors (Lipinski definition) is 0. The quantitative estimate of drug-likeness (QED) is 0.153. The van der Waals surface area contributed by atoms with E-state index in [-0.39, 0.29) is 0 Å². The normalized spacial score (nSPS) is 11.5. The van der Waals surface area contributed by atoms with Gasteiger partial charge >= 0.3 is 0 Å². The van der Waals surface area contributed by atoms with Crippen LogP contribution in [0.25, 0.3) is 122 Å². The van der Waals surface area contributed by atoms with E-state index in [1.165, 1.54) is 21.8 Å². The second-order valence-electron chi connectivity index (χ2n) is 17.4. The molecule has 0 aliphatic rings. The molecule has 0 aliphatic heterocycles. The third-order valence-electron chi connectivity index (χ3n) is 13.3. The van der Waals surface area contributed by atoms with Gasteiger partial charge in [-0.15, -0.1) is 0 Å². The second kappa shape index (κ2) is 16.4. The molecule has 4 heteroatoms. The third kappa shape index (κ3) is 6.69. The summed E-state index contributed by atoms with van der Waals surface area (Å²) in [6, 6.07) is 91.1. The molecular weight excluding hydrogens is 825 g/mol. The zero-order valence-corrected chi connectivity index (χ0v) is 37.0. The number of nitrogens with zero attached hydrogens (tertiary/aromatic N) is 4. The fraction of sp³-hybridized carbons (Fsp3) is 0. The van der Waals surface area contributed by atoms with Gasteiger partial charge in [-0.1, -0.05) is 206 Å². The molecule has 318 valence electrons. The molecule has 0 spiro atoms. The molecule has 4 nitrogen and oxygen atoms in total. The van der Waals surface area contributed by atoms with Crippen molar-refractivity contribution in [2.45, 2.75) is 0 Å². The van der Waals surface area contributed by atoms with E-state index in [9.17, 15) is 0 Å². The lowest BCUT2D eigenvalue weighted by Crippen LogP contribution is -1.97. The largest absolute Gasteiger partial charge is 0.309 e. The Morgan fingerprint density at radius 1 is 0.309 bits per heavy atom. The summed E-state index contributed by atoms with van der Waals surface area (Å²) in [7, 11) is 0. The first kappa shape index (κ1) is 39.3. The van der Waals surface area contributed by atoms with Crippen molar-refractivity contribution in [2.75, 3.05) is 0 Å². The molecule has 0 fully saturated rings. The van der Waals surface area contributed by atoms with Crippen molar-refractivity contribution < 1.29 is 0 Å². The van der Waals surface area contributed by atoms with Gasteiger partial charge in [0.05, 0.1) is 33.6 Å². The number of para-hydroxylation sites is 2. The van der Waals surface area contributed by atoms with Gasteiger partial charge in [0, 0.05) is 49.7 Å². The van der Waals surface area contributed by atoms with Gasteiger partial charge in [0.25, 0.3) is 0 Å². The molecule has 0 amide bonds. The zero-order valence-electron chi connectivity index (χ0n) is 37.0. The first-order valence-corrected chi connectivity index (χ1v) is 23.2. The van der Waals surface area contributed by atoms with Gasteiger partial charge in [-0.3, -0.25) is 0 Å². The van der Waals surface area contributed by atoms with Crippen molar-refractivity contribution in [2.24, 2.45) is 0 Å². The monoisotopic (exact) mass is 866 g/mol. The number of rotatable bonds is 8. The minimum absolute atomic E-state index is 0.920. The van der Waals surface area contributed by atoms with Crippen LogP contribution in [0.4, 0.5) is 0 Å². The maximum atomic E-state index is 5.46. The van der Waals surface area contributed by atoms with Gasteiger partial charge < -0.3 is 4.57 Å². The van der Waals surface area contributed by atoms with Crippen LogP contribution >= 0.6 is 0 Å². The van der Waals surface area contributed by atoms with Gasteiger partial charge in [0.2, 0.25) is 0 Å². The van der Waals surface area contributed by atoms with E-state index in [1.54, 1.807) is 0 Å². The summed E-state index contributed by atoms with van der Waals surface area (Å²) in [5.41, 5.74) is 19.5. The highest BCUT2D eigenvalue weighted by atomic mass is 15.2. The van der Waals surface area contributed by atoms with Crippen molar-refractivity contribution in [1.29, 1.82) is 0 Å². The first-order chi connectivity index (χ1) is 33.7. The molecule has 0 bridgehead atoms. The highest BCUT2D eigenvalue weighted by Gasteiger charge is 2.23. The maximum absolute atomic E-state index is 5.46. The average Bonchev–Trinajstić information content (AvgIpc) is 3.99. The Labute approximate surface area is 394 Å². The Balaban J connectivity index is 0.976. The van der Waals surface area contributed by atoms with Crippen LogP contribution in [-0.4, -0.2) is 19.2 Å². The predicted molar refractivity (Wildman–Crippen MR) is 283 cm³/mol. The summed E-state index contributed by atoms with van der Waals surface area (Å²) in [5, 5.41) is 10.3. The molecule has 0 saturated heterocycles. The third-order valence-corrected chi connectivity index (χ3v) is 13.3. The molecule has 68 heavy (non-hydrogen) atoms. The van der Waals surface area contributed by atoms with Crippen LogP contribution in [0.15, 0.2) is 255 Å². The maximum Gasteiger partial charge on any atom is 0.101 e. The van der Waals surface area contributed by atoms with Crippen molar-refractivity contribution in [3.63, 3.8) is 0 Å². The molecule has 4 heterocycles. The lowest BCUT2D eigenvalue weighted by molar-refractivity contribution is 0.979. The Hall–Kier alpha value is -9.12. The van der Waals surface area contributed by atoms with Crippen LogP contribution in [0.1, 0.15) is 0 Å². The molecule has 4 aromatic heterocycles. The molecule has 9 aromatic carbocycles. The first-order valence-electron chi connectivity index (χ1n) is 23.2. The van der Waals surface area contributed by atoms with E-state index >= 15 is 0 Å². The van der Waals surface area contributed by atoms with Crippen LogP contribution in [0, 0.1) is 0 Å². The van der Waals surface area contributed by atoms with Crippen LogP contribution in [0.2, 0.25) is 0 Å². The van der Waals surface area contributed by atoms with Gasteiger partial charge in [-0.25, -0.2) is 9.50 Å². The Morgan fingerprint density at radius 3 is 1.46 bits per heavy atom. The van der Waals surface area contributed by atoms with Gasteiger partial charge in [0.1, 0.15) is 5.69 Å². The standard InChI is InChI=1S/C64H42N4/c1-5-19-43(20-6-1)57-40-50(41-58(65-57)44-35-37-51(38-36-44)67-59-33-15-13-29-53(59)54-30-14-16-34-60(54)67)48-27-17-28-49(39-48)52-31-18-32-55-56(52)42-61(45-21-7-2-8-22-45)68-64(55)62(46-23-9-3-10-24-46)63(66-68)47-25-11-4-12-26-47/h1-42H. The lowest BCUT2D eigenvalue weighted by Gasteiger charge is -2.15. The average molecular weight is 867 g/mol. The molecule has 0 saturated carbocycles. The van der Waals surface area contributed by atoms with Gasteiger partial charge in [-0.2, -0.15) is 5.10 Å². The summed E-state index contributed by atoms with van der Waals surface area (Å²) >= 11 is 0. The second-order valence-corrected chi connectivity index (χ2v) is 17.4. The fourth-order valence-electron chi connectivity index (χ4n) is 10.2. The van der Waals surface area contributed by atoms with E-state index < -0.39 is 0 Å². The van der Waals surface area contributed by atoms with Gasteiger partial charge in [-0.05, 0) is 81.7 Å². The molecule has 13 rings (SSSR count). The van der Waals surface area contributed by atoms with Crippen molar-refractivity contribution >= 4 is 38.1 Å². The minimum Gasteiger partial charge on any atom is -0.309 e. The van der Waals surface area contributed by atoms with E-state index in [0.717, 1.165) is 100 Å². The van der Waals surface area contributed by atoms with Crippen molar-refractivity contribution in [1.82, 2.24) is 19.2 Å². The van der Waals surface area contributed by atoms with E-state index in [0.29, 0.717) is 0 Å². The topological polar surface area (TPSA) is 35.1 Å². The van der Waals surface area contributed by atoms with E-state index in [4.69, 9.17) is 10.1 Å². The number of benzene rings is 9. The summed E-state index contributed by atoms with van der Waals surface area (Å²) in [6.45, 7) is 0. The molecular formula is C64H42N4. The Bertz CT molecular complexity index is 3930. The highest BCUT2D eigenvalue weighted by Crippen LogP contribution is 2.44. The van der Waals surface area contributed by atoms with Crippen LogP contribution in [0.5, 0.6) is 0 Å². The van der Waals surface area contributed by atoms with Crippen LogP contribution < -0.4 is 0 Å². The predicted octanol–water partition coefficient (Wildman–Crippen LogP) is 16.6. The Kier molecular flexibility index (Phi) is 9.47. The Morgan fingerprint density at radius 2 is 0.809 bits per heavy atom. The minimum atomic E-state index is 0.920. The van der Waals surface area contributed by atoms with Crippen molar-refractivity contribution in [3.8, 4) is 84.1 Å². The summed E-state index contributed by atoms with van der Waals surface area (Å²) < 4.78 is 4.53. The molecule has 0 radical (unpaired) electrons. The SMILES string of the molecule is c1ccc(-c2cc(-c3cccc(-c4cccc5c4cc(-c4ccccc4)n4nc(-c6ccccc6)c(-c6ccccc6)c54)c3)cc(-c3ccc(-n4c5ccccc5c5ccccc54)cc3)n2)cc1.